The second-order valence-electron chi connectivity index (χ2n) is 4.68. The van der Waals surface area contributed by atoms with E-state index in [1.165, 1.54) is 0 Å². The number of aromatic nitrogens is 1. The van der Waals surface area contributed by atoms with Gasteiger partial charge in [-0.15, -0.1) is 0 Å². The van der Waals surface area contributed by atoms with E-state index in [2.05, 4.69) is 4.98 Å². The van der Waals surface area contributed by atoms with Crippen molar-refractivity contribution in [2.24, 2.45) is 0 Å². The second-order valence-corrected chi connectivity index (χ2v) is 4.68. The average Bonchev–Trinajstić information content (AvgIpc) is 2.84. The van der Waals surface area contributed by atoms with Gasteiger partial charge in [-0.1, -0.05) is 66.5 Å². The number of rotatable bonds is 0. The van der Waals surface area contributed by atoms with Crippen LogP contribution in [0.3, 0.4) is 0 Å². The summed E-state index contributed by atoms with van der Waals surface area (Å²) in [5.74, 6) is 0. The number of pyridine rings is 1. The SMILES string of the molecule is [2H]c1c([2H])c([2H])c2c([2H])c3c(nc2c1[2H])c1c([2H])c([2H])c([2H])c([2H])c1c1c([2H])c([2H])c([2H])c([2H])c31. The Morgan fingerprint density at radius 3 is 1.91 bits per heavy atom. The zero-order valence-corrected chi connectivity index (χ0v) is 10.9. The highest BCUT2D eigenvalue weighted by molar-refractivity contribution is 6.25. The van der Waals surface area contributed by atoms with Crippen LogP contribution in [-0.2, 0) is 0 Å². The van der Waals surface area contributed by atoms with E-state index < -0.39 is 78.6 Å². The minimum Gasteiger partial charge on any atom is -0.247 e. The lowest BCUT2D eigenvalue weighted by molar-refractivity contribution is 1.52. The van der Waals surface area contributed by atoms with Crippen LogP contribution in [0.4, 0.5) is 0 Å². The standard InChI is InChI=1S/C21H13N/c1-6-12-20-14(7-1)13-19-17-10-3-2-8-15(17)16-9-4-5-11-18(16)21(19)22-20/h1-13H/i1D,2D,3D,4D,5D,6D,7D,8D,9D,10D,11D,12D,13D. The van der Waals surface area contributed by atoms with Crippen LogP contribution >= 0.6 is 0 Å². The summed E-state index contributed by atoms with van der Waals surface area (Å²) in [4.78, 5) is 4.34. The predicted molar refractivity (Wildman–Crippen MR) is 94.3 cm³/mol. The fourth-order valence-electron chi connectivity index (χ4n) is 2.56. The first-order valence-corrected chi connectivity index (χ1v) is 6.45. The summed E-state index contributed by atoms with van der Waals surface area (Å²) in [5.41, 5.74) is -0.505. The number of para-hydroxylation sites is 1. The number of nitrogens with zero attached hydrogens (tertiary/aromatic N) is 1. The third-order valence-electron chi connectivity index (χ3n) is 3.49. The third kappa shape index (κ3) is 1.51. The Kier molecular flexibility index (Phi) is 0.931. The number of hydrogen-bond donors (Lipinski definition) is 0. The fourth-order valence-corrected chi connectivity index (χ4v) is 2.56. The van der Waals surface area contributed by atoms with E-state index in [0.29, 0.717) is 0 Å². The summed E-state index contributed by atoms with van der Waals surface area (Å²) in [6.45, 7) is 0. The van der Waals surface area contributed by atoms with Gasteiger partial charge in [0.05, 0.1) is 28.9 Å². The molecular formula is C21H13N. The van der Waals surface area contributed by atoms with E-state index in [0.717, 1.165) is 0 Å². The summed E-state index contributed by atoms with van der Waals surface area (Å²) in [5, 5.41) is -1.31. The van der Waals surface area contributed by atoms with Crippen LogP contribution in [0.15, 0.2) is 78.6 Å². The Hall–Kier alpha value is -2.93. The molecule has 0 N–H and O–H groups in total. The Morgan fingerprint density at radius 2 is 1.14 bits per heavy atom. The first-order valence-electron chi connectivity index (χ1n) is 12.9. The van der Waals surface area contributed by atoms with Crippen molar-refractivity contribution in [1.29, 1.82) is 0 Å². The van der Waals surface area contributed by atoms with Crippen LogP contribution in [0.1, 0.15) is 17.8 Å². The van der Waals surface area contributed by atoms with Gasteiger partial charge in [0.1, 0.15) is 0 Å². The van der Waals surface area contributed by atoms with E-state index in [1.807, 2.05) is 0 Å². The quantitative estimate of drug-likeness (QED) is 0.264. The molecule has 0 amide bonds. The smallest absolute Gasteiger partial charge is 0.0794 e. The normalized spacial score (nSPS) is 19.9. The van der Waals surface area contributed by atoms with Crippen LogP contribution in [0.5, 0.6) is 0 Å². The van der Waals surface area contributed by atoms with E-state index in [4.69, 9.17) is 17.8 Å². The molecule has 1 heterocycles. The molecule has 1 aromatic heterocycles. The van der Waals surface area contributed by atoms with Gasteiger partial charge in [0.15, 0.2) is 0 Å². The average molecular weight is 292 g/mol. The minimum atomic E-state index is -0.627. The summed E-state index contributed by atoms with van der Waals surface area (Å²) in [7, 11) is 0. The highest BCUT2D eigenvalue weighted by atomic mass is 14.7. The predicted octanol–water partition coefficient (Wildman–Crippen LogP) is 5.69. The maximum absolute atomic E-state index is 8.87. The molecule has 1 heteroatoms. The van der Waals surface area contributed by atoms with E-state index >= 15 is 0 Å². The van der Waals surface area contributed by atoms with Gasteiger partial charge in [-0.25, -0.2) is 4.98 Å². The zero-order chi connectivity index (χ0) is 25.8. The number of benzene rings is 4. The van der Waals surface area contributed by atoms with E-state index in [9.17, 15) is 0 Å². The molecule has 0 aliphatic carbocycles. The van der Waals surface area contributed by atoms with Crippen molar-refractivity contribution in [2.45, 2.75) is 0 Å². The van der Waals surface area contributed by atoms with Crippen molar-refractivity contribution in [1.82, 2.24) is 4.98 Å². The molecule has 0 bridgehead atoms. The maximum atomic E-state index is 8.87. The molecule has 0 fully saturated rings. The molecule has 0 unspecified atom stereocenters. The lowest BCUT2D eigenvalue weighted by atomic mass is 9.96. The van der Waals surface area contributed by atoms with Crippen molar-refractivity contribution in [3.63, 3.8) is 0 Å². The molecule has 5 aromatic rings. The highest BCUT2D eigenvalue weighted by Gasteiger charge is 2.09. The first-order chi connectivity index (χ1) is 16.3. The molecule has 102 valence electrons. The van der Waals surface area contributed by atoms with Gasteiger partial charge in [-0.2, -0.15) is 0 Å². The molecule has 5 rings (SSSR count). The topological polar surface area (TPSA) is 12.9 Å². The first kappa shape index (κ1) is 4.79. The summed E-state index contributed by atoms with van der Waals surface area (Å²) >= 11 is 0. The Balaban J connectivity index is 2.34. The van der Waals surface area contributed by atoms with Crippen LogP contribution in [0.2, 0.25) is 0 Å². The van der Waals surface area contributed by atoms with Crippen LogP contribution in [0.25, 0.3) is 43.4 Å². The largest absolute Gasteiger partial charge is 0.247 e. The molecule has 22 heavy (non-hydrogen) atoms. The third-order valence-corrected chi connectivity index (χ3v) is 3.49. The molecule has 0 radical (unpaired) electrons. The Morgan fingerprint density at radius 1 is 0.591 bits per heavy atom. The molecule has 0 atom stereocenters. The van der Waals surface area contributed by atoms with Crippen molar-refractivity contribution >= 4 is 43.4 Å². The molecule has 0 aliphatic heterocycles. The number of fused-ring (bicyclic) bond motifs is 7. The van der Waals surface area contributed by atoms with Gasteiger partial charge in [-0.3, -0.25) is 0 Å². The number of hydrogen-bond acceptors (Lipinski definition) is 1. The lowest BCUT2D eigenvalue weighted by Crippen LogP contribution is -1.87. The van der Waals surface area contributed by atoms with Crippen molar-refractivity contribution in [3.8, 4) is 0 Å². The molecule has 0 saturated heterocycles. The van der Waals surface area contributed by atoms with Gasteiger partial charge in [0.2, 0.25) is 0 Å². The van der Waals surface area contributed by atoms with E-state index in [1.54, 1.807) is 0 Å². The molecule has 0 saturated carbocycles. The molecule has 4 aromatic carbocycles. The molecule has 0 spiro atoms. The van der Waals surface area contributed by atoms with Gasteiger partial charge in [0, 0.05) is 16.2 Å². The monoisotopic (exact) mass is 292 g/mol. The van der Waals surface area contributed by atoms with E-state index in [-0.39, 0.29) is 43.4 Å². The second kappa shape index (κ2) is 4.28. The van der Waals surface area contributed by atoms with Crippen molar-refractivity contribution in [2.75, 3.05) is 0 Å². The van der Waals surface area contributed by atoms with Crippen molar-refractivity contribution < 1.29 is 17.8 Å². The van der Waals surface area contributed by atoms with Gasteiger partial charge in [0.25, 0.3) is 0 Å². The highest BCUT2D eigenvalue weighted by Crippen LogP contribution is 2.35. The lowest BCUT2D eigenvalue weighted by Gasteiger charge is -2.10. The minimum absolute atomic E-state index is 0.193. The van der Waals surface area contributed by atoms with Crippen LogP contribution < -0.4 is 0 Å². The Labute approximate surface area is 146 Å². The summed E-state index contributed by atoms with van der Waals surface area (Å²) in [6.07, 6.45) is 0. The van der Waals surface area contributed by atoms with Crippen molar-refractivity contribution in [3.05, 3.63) is 78.6 Å². The van der Waals surface area contributed by atoms with Gasteiger partial charge < -0.3 is 0 Å². The van der Waals surface area contributed by atoms with Crippen LogP contribution in [0, 0.1) is 0 Å². The summed E-state index contributed by atoms with van der Waals surface area (Å²) in [6, 6.07) is -7.50. The van der Waals surface area contributed by atoms with Gasteiger partial charge in [-0.05, 0) is 28.2 Å². The maximum Gasteiger partial charge on any atom is 0.0794 e. The Bertz CT molecular complexity index is 1830. The van der Waals surface area contributed by atoms with Crippen LogP contribution in [-0.4, -0.2) is 4.98 Å². The summed E-state index contributed by atoms with van der Waals surface area (Å²) < 4.78 is 108. The molecule has 0 aliphatic rings. The fraction of sp³-hybridized carbons (Fsp3) is 0. The van der Waals surface area contributed by atoms with Gasteiger partial charge >= 0.3 is 0 Å². The molecule has 1 nitrogen and oxygen atoms in total. The molecular weight excluding hydrogens is 266 g/mol. The zero-order valence-electron chi connectivity index (χ0n) is 23.9.